The average molecular weight is 303 g/mol. The van der Waals surface area contributed by atoms with Crippen molar-refractivity contribution < 1.29 is 8.42 Å². The van der Waals surface area contributed by atoms with E-state index in [2.05, 4.69) is 4.72 Å². The maximum Gasteiger partial charge on any atom is 0.241 e. The van der Waals surface area contributed by atoms with Gasteiger partial charge in [-0.15, -0.1) is 0 Å². The molecule has 0 saturated heterocycles. The number of hydrogen-bond acceptors (Lipinski definition) is 2. The molecule has 0 spiro atoms. The molecule has 1 unspecified atom stereocenters. The van der Waals surface area contributed by atoms with E-state index >= 15 is 0 Å². The minimum Gasteiger partial charge on any atom is -0.207 e. The summed E-state index contributed by atoms with van der Waals surface area (Å²) in [6.07, 6.45) is 0. The van der Waals surface area contributed by atoms with Gasteiger partial charge in [-0.2, -0.15) is 0 Å². The second-order valence-corrected chi connectivity index (χ2v) is 7.23. The highest BCUT2D eigenvalue weighted by atomic mass is 32.2. The van der Waals surface area contributed by atoms with Crippen LogP contribution in [0.3, 0.4) is 0 Å². The molecule has 0 aliphatic heterocycles. The van der Waals surface area contributed by atoms with E-state index in [9.17, 15) is 8.42 Å². The van der Waals surface area contributed by atoms with Gasteiger partial charge in [0.2, 0.25) is 10.0 Å². The van der Waals surface area contributed by atoms with E-state index in [0.29, 0.717) is 4.90 Å². The summed E-state index contributed by atoms with van der Waals surface area (Å²) < 4.78 is 27.6. The predicted molar refractivity (Wildman–Crippen MR) is 85.8 cm³/mol. The predicted octanol–water partition coefficient (Wildman–Crippen LogP) is 3.65. The van der Waals surface area contributed by atoms with Crippen LogP contribution < -0.4 is 4.72 Å². The van der Waals surface area contributed by atoms with Crippen molar-refractivity contribution in [3.05, 3.63) is 64.7 Å². The molecule has 21 heavy (non-hydrogen) atoms. The second kappa shape index (κ2) is 6.00. The third kappa shape index (κ3) is 3.71. The van der Waals surface area contributed by atoms with E-state index in [1.165, 1.54) is 0 Å². The minimum absolute atomic E-state index is 0.267. The molecule has 0 bridgehead atoms. The van der Waals surface area contributed by atoms with Crippen molar-refractivity contribution in [3.63, 3.8) is 0 Å². The first-order valence-electron chi connectivity index (χ1n) is 6.96. The van der Waals surface area contributed by atoms with Gasteiger partial charge in [-0.1, -0.05) is 41.5 Å². The van der Waals surface area contributed by atoms with Gasteiger partial charge in [0.05, 0.1) is 4.90 Å². The maximum atomic E-state index is 12.4. The summed E-state index contributed by atoms with van der Waals surface area (Å²) in [5.41, 5.74) is 4.25. The third-order valence-electron chi connectivity index (χ3n) is 3.56. The SMILES string of the molecule is Cc1ccc(S(=O)(=O)NC(C)c2cc(C)ccc2C)cc1. The Morgan fingerprint density at radius 2 is 1.48 bits per heavy atom. The third-order valence-corrected chi connectivity index (χ3v) is 5.12. The lowest BCUT2D eigenvalue weighted by Gasteiger charge is -2.17. The summed E-state index contributed by atoms with van der Waals surface area (Å²) in [4.78, 5) is 0.297. The van der Waals surface area contributed by atoms with E-state index in [4.69, 9.17) is 0 Å². The summed E-state index contributed by atoms with van der Waals surface area (Å²) in [5.74, 6) is 0. The van der Waals surface area contributed by atoms with E-state index in [1.54, 1.807) is 24.3 Å². The Labute approximate surface area is 127 Å². The van der Waals surface area contributed by atoms with Gasteiger partial charge in [0.25, 0.3) is 0 Å². The van der Waals surface area contributed by atoms with Crippen LogP contribution in [0.5, 0.6) is 0 Å². The smallest absolute Gasteiger partial charge is 0.207 e. The van der Waals surface area contributed by atoms with Crippen LogP contribution in [0.4, 0.5) is 0 Å². The molecule has 2 aromatic carbocycles. The van der Waals surface area contributed by atoms with Crippen LogP contribution in [0.15, 0.2) is 47.4 Å². The Hall–Kier alpha value is -1.65. The molecule has 2 rings (SSSR count). The summed E-state index contributed by atoms with van der Waals surface area (Å²) in [6, 6.07) is 12.7. The number of aryl methyl sites for hydroxylation is 3. The van der Waals surface area contributed by atoms with Crippen LogP contribution in [0.2, 0.25) is 0 Å². The normalized spacial score (nSPS) is 13.1. The Morgan fingerprint density at radius 3 is 2.10 bits per heavy atom. The Bertz CT molecular complexity index is 734. The molecule has 0 fully saturated rings. The molecule has 0 saturated carbocycles. The molecule has 0 aliphatic carbocycles. The fourth-order valence-electron chi connectivity index (χ4n) is 2.31. The first kappa shape index (κ1) is 15.7. The van der Waals surface area contributed by atoms with Crippen LogP contribution in [0.25, 0.3) is 0 Å². The largest absolute Gasteiger partial charge is 0.241 e. The van der Waals surface area contributed by atoms with Crippen molar-refractivity contribution in [3.8, 4) is 0 Å². The first-order valence-corrected chi connectivity index (χ1v) is 8.44. The minimum atomic E-state index is -3.50. The average Bonchev–Trinajstić information content (AvgIpc) is 2.41. The van der Waals surface area contributed by atoms with Crippen molar-refractivity contribution in [2.75, 3.05) is 0 Å². The number of nitrogens with one attached hydrogen (secondary N) is 1. The lowest BCUT2D eigenvalue weighted by atomic mass is 10.0. The molecule has 0 radical (unpaired) electrons. The van der Waals surface area contributed by atoms with Crippen LogP contribution in [-0.4, -0.2) is 8.42 Å². The molecule has 4 heteroatoms. The molecule has 2 aromatic rings. The zero-order valence-corrected chi connectivity index (χ0v) is 13.7. The van der Waals surface area contributed by atoms with Crippen LogP contribution >= 0.6 is 0 Å². The Morgan fingerprint density at radius 1 is 0.905 bits per heavy atom. The van der Waals surface area contributed by atoms with Gasteiger partial charge in [0, 0.05) is 6.04 Å². The number of sulfonamides is 1. The molecular formula is C17H21NO2S. The summed E-state index contributed by atoms with van der Waals surface area (Å²) in [5, 5.41) is 0. The number of rotatable bonds is 4. The first-order chi connectivity index (χ1) is 9.79. The number of benzene rings is 2. The fourth-order valence-corrected chi connectivity index (χ4v) is 3.53. The molecule has 1 atom stereocenters. The lowest BCUT2D eigenvalue weighted by molar-refractivity contribution is 0.566. The molecule has 0 heterocycles. The van der Waals surface area contributed by atoms with Gasteiger partial charge in [-0.05, 0) is 51.0 Å². The highest BCUT2D eigenvalue weighted by molar-refractivity contribution is 7.89. The lowest BCUT2D eigenvalue weighted by Crippen LogP contribution is -2.27. The van der Waals surface area contributed by atoms with Gasteiger partial charge in [0.15, 0.2) is 0 Å². The molecule has 3 nitrogen and oxygen atoms in total. The summed E-state index contributed by atoms with van der Waals surface area (Å²) in [6.45, 7) is 7.80. The molecular weight excluding hydrogens is 282 g/mol. The maximum absolute atomic E-state index is 12.4. The number of hydrogen-bond donors (Lipinski definition) is 1. The molecule has 0 aliphatic rings. The van der Waals surface area contributed by atoms with E-state index in [0.717, 1.165) is 22.3 Å². The molecule has 112 valence electrons. The standard InChI is InChI=1S/C17H21NO2S/c1-12-6-9-16(10-7-12)21(19,20)18-15(4)17-11-13(2)5-8-14(17)3/h5-11,15,18H,1-4H3. The van der Waals surface area contributed by atoms with Gasteiger partial charge < -0.3 is 0 Å². The second-order valence-electron chi connectivity index (χ2n) is 5.52. The van der Waals surface area contributed by atoms with E-state index < -0.39 is 10.0 Å². The van der Waals surface area contributed by atoms with Crippen molar-refractivity contribution in [2.45, 2.75) is 38.6 Å². The van der Waals surface area contributed by atoms with Gasteiger partial charge in [-0.3, -0.25) is 0 Å². The van der Waals surface area contributed by atoms with Crippen molar-refractivity contribution in [2.24, 2.45) is 0 Å². The van der Waals surface area contributed by atoms with Gasteiger partial charge in [-0.25, -0.2) is 13.1 Å². The van der Waals surface area contributed by atoms with Gasteiger partial charge >= 0.3 is 0 Å². The molecule has 0 amide bonds. The van der Waals surface area contributed by atoms with E-state index in [-0.39, 0.29) is 6.04 Å². The van der Waals surface area contributed by atoms with Gasteiger partial charge in [0.1, 0.15) is 0 Å². The highest BCUT2D eigenvalue weighted by Crippen LogP contribution is 2.21. The summed E-state index contributed by atoms with van der Waals surface area (Å²) in [7, 11) is -3.50. The topological polar surface area (TPSA) is 46.2 Å². The fraction of sp³-hybridized carbons (Fsp3) is 0.294. The zero-order valence-electron chi connectivity index (χ0n) is 12.8. The van der Waals surface area contributed by atoms with Crippen molar-refractivity contribution in [1.82, 2.24) is 4.72 Å². The van der Waals surface area contributed by atoms with Crippen LogP contribution in [-0.2, 0) is 10.0 Å². The van der Waals surface area contributed by atoms with Crippen molar-refractivity contribution >= 4 is 10.0 Å². The Kier molecular flexibility index (Phi) is 4.49. The highest BCUT2D eigenvalue weighted by Gasteiger charge is 2.19. The van der Waals surface area contributed by atoms with Crippen molar-refractivity contribution in [1.29, 1.82) is 0 Å². The quantitative estimate of drug-likeness (QED) is 0.937. The van der Waals surface area contributed by atoms with E-state index in [1.807, 2.05) is 45.9 Å². The van der Waals surface area contributed by atoms with Crippen LogP contribution in [0.1, 0.15) is 35.2 Å². The molecule has 0 aromatic heterocycles. The monoisotopic (exact) mass is 303 g/mol. The zero-order chi connectivity index (χ0) is 15.6. The Balaban J connectivity index is 2.27. The van der Waals surface area contributed by atoms with Crippen LogP contribution in [0, 0.1) is 20.8 Å². The summed E-state index contributed by atoms with van der Waals surface area (Å²) >= 11 is 0. The molecule has 1 N–H and O–H groups in total.